The van der Waals surface area contributed by atoms with Gasteiger partial charge in [-0.25, -0.2) is 8.42 Å². The molecule has 0 aliphatic heterocycles. The van der Waals surface area contributed by atoms with Crippen molar-refractivity contribution in [3.8, 4) is 11.8 Å². The number of carboxylic acids is 1. The van der Waals surface area contributed by atoms with Crippen LogP contribution in [-0.2, 0) is 21.2 Å². The lowest BCUT2D eigenvalue weighted by Gasteiger charge is -1.99. The van der Waals surface area contributed by atoms with E-state index in [0.29, 0.717) is 4.88 Å². The van der Waals surface area contributed by atoms with Gasteiger partial charge in [0.1, 0.15) is 4.21 Å². The van der Waals surface area contributed by atoms with Crippen LogP contribution in [0.25, 0.3) is 0 Å². The Hall–Kier alpha value is -1.36. The van der Waals surface area contributed by atoms with E-state index in [2.05, 4.69) is 16.6 Å². The van der Waals surface area contributed by atoms with Crippen molar-refractivity contribution in [1.29, 1.82) is 0 Å². The lowest BCUT2D eigenvalue weighted by Crippen LogP contribution is -2.23. The average molecular weight is 273 g/mol. The van der Waals surface area contributed by atoms with Crippen LogP contribution in [0.4, 0.5) is 0 Å². The van der Waals surface area contributed by atoms with Gasteiger partial charge in [0.25, 0.3) is 10.0 Å². The van der Waals surface area contributed by atoms with Gasteiger partial charge in [0.05, 0.1) is 13.0 Å². The molecule has 1 aromatic heterocycles. The largest absolute Gasteiger partial charge is 0.481 e. The van der Waals surface area contributed by atoms with E-state index in [1.54, 1.807) is 6.92 Å². The SMILES string of the molecule is CC#CCNS(=O)(=O)c1ccc(CC(=O)O)s1. The zero-order valence-corrected chi connectivity index (χ0v) is 10.7. The monoisotopic (exact) mass is 273 g/mol. The Labute approximate surface area is 104 Å². The molecule has 0 aromatic carbocycles. The summed E-state index contributed by atoms with van der Waals surface area (Å²) in [6, 6.07) is 2.89. The molecule has 0 aliphatic rings. The second-order valence-electron chi connectivity index (χ2n) is 3.04. The third-order valence-electron chi connectivity index (χ3n) is 1.75. The number of hydrogen-bond acceptors (Lipinski definition) is 4. The highest BCUT2D eigenvalue weighted by molar-refractivity contribution is 7.91. The summed E-state index contributed by atoms with van der Waals surface area (Å²) in [6.45, 7) is 1.66. The van der Waals surface area contributed by atoms with Crippen molar-refractivity contribution in [2.24, 2.45) is 0 Å². The van der Waals surface area contributed by atoms with Crippen LogP contribution in [0.15, 0.2) is 16.3 Å². The predicted molar refractivity (Wildman–Crippen MR) is 64.3 cm³/mol. The Bertz CT molecular complexity index is 563. The number of carbonyl (C=O) groups is 1. The van der Waals surface area contributed by atoms with Crippen molar-refractivity contribution in [2.75, 3.05) is 6.54 Å². The Balaban J connectivity index is 2.80. The number of carboxylic acid groups (broad SMARTS) is 1. The maximum Gasteiger partial charge on any atom is 0.308 e. The van der Waals surface area contributed by atoms with Gasteiger partial charge in [-0.1, -0.05) is 5.92 Å². The summed E-state index contributed by atoms with van der Waals surface area (Å²) in [5.74, 6) is 4.17. The molecule has 0 bridgehead atoms. The molecule has 7 heteroatoms. The zero-order valence-electron chi connectivity index (χ0n) is 9.06. The average Bonchev–Trinajstić information content (AvgIpc) is 2.66. The van der Waals surface area contributed by atoms with Gasteiger partial charge in [-0.2, -0.15) is 4.72 Å². The first-order valence-electron chi connectivity index (χ1n) is 4.65. The minimum absolute atomic E-state index is 0.0466. The summed E-state index contributed by atoms with van der Waals surface area (Å²) in [4.78, 5) is 11.0. The van der Waals surface area contributed by atoms with E-state index in [9.17, 15) is 13.2 Å². The Morgan fingerprint density at radius 2 is 2.24 bits per heavy atom. The third kappa shape index (κ3) is 4.19. The number of thiophene rings is 1. The molecule has 1 aromatic rings. The van der Waals surface area contributed by atoms with Gasteiger partial charge < -0.3 is 5.11 Å². The molecule has 0 unspecified atom stereocenters. The molecule has 17 heavy (non-hydrogen) atoms. The predicted octanol–water partition coefficient (Wildman–Crippen LogP) is 0.677. The minimum Gasteiger partial charge on any atom is -0.481 e. The van der Waals surface area contributed by atoms with Crippen LogP contribution in [-0.4, -0.2) is 26.0 Å². The van der Waals surface area contributed by atoms with E-state index < -0.39 is 16.0 Å². The summed E-state index contributed by atoms with van der Waals surface area (Å²) in [7, 11) is -3.57. The first-order valence-corrected chi connectivity index (χ1v) is 6.95. The molecule has 0 spiro atoms. The lowest BCUT2D eigenvalue weighted by molar-refractivity contribution is -0.136. The van der Waals surface area contributed by atoms with Crippen LogP contribution in [0.5, 0.6) is 0 Å². The molecular formula is C10H11NO4S2. The molecule has 92 valence electrons. The number of rotatable bonds is 5. The quantitative estimate of drug-likeness (QED) is 0.773. The minimum atomic E-state index is -3.57. The molecule has 1 heterocycles. The molecule has 0 aliphatic carbocycles. The molecule has 0 fully saturated rings. The number of aliphatic carboxylic acids is 1. The number of sulfonamides is 1. The molecule has 0 radical (unpaired) electrons. The standard InChI is InChI=1S/C10H11NO4S2/c1-2-3-6-11-17(14,15)10-5-4-8(16-10)7-9(12)13/h4-5,11H,6-7H2,1H3,(H,12,13). The normalized spacial score (nSPS) is 10.6. The summed E-state index contributed by atoms with van der Waals surface area (Å²) in [5.41, 5.74) is 0. The molecule has 0 saturated carbocycles. The fourth-order valence-electron chi connectivity index (χ4n) is 1.04. The highest BCUT2D eigenvalue weighted by atomic mass is 32.2. The second-order valence-corrected chi connectivity index (χ2v) is 6.20. The van der Waals surface area contributed by atoms with Crippen LogP contribution >= 0.6 is 11.3 Å². The first-order chi connectivity index (χ1) is 7.95. The van der Waals surface area contributed by atoms with Gasteiger partial charge in [0.2, 0.25) is 0 Å². The number of nitrogens with one attached hydrogen (secondary N) is 1. The smallest absolute Gasteiger partial charge is 0.308 e. The fraction of sp³-hybridized carbons (Fsp3) is 0.300. The van der Waals surface area contributed by atoms with E-state index in [0.717, 1.165) is 11.3 Å². The molecule has 2 N–H and O–H groups in total. The summed E-state index contributed by atoms with van der Waals surface area (Å²) in [5, 5.41) is 8.58. The Morgan fingerprint density at radius 3 is 2.82 bits per heavy atom. The van der Waals surface area contributed by atoms with Crippen LogP contribution in [0.3, 0.4) is 0 Å². The number of hydrogen-bond donors (Lipinski definition) is 2. The highest BCUT2D eigenvalue weighted by Crippen LogP contribution is 2.21. The maximum absolute atomic E-state index is 11.7. The first kappa shape index (κ1) is 13.7. The van der Waals surface area contributed by atoms with E-state index in [-0.39, 0.29) is 17.2 Å². The van der Waals surface area contributed by atoms with Gasteiger partial charge in [-0.3, -0.25) is 4.79 Å². The van der Waals surface area contributed by atoms with Gasteiger partial charge in [-0.15, -0.1) is 17.3 Å². The topological polar surface area (TPSA) is 83.5 Å². The van der Waals surface area contributed by atoms with Crippen molar-refractivity contribution < 1.29 is 18.3 Å². The van der Waals surface area contributed by atoms with Crippen molar-refractivity contribution in [3.63, 3.8) is 0 Å². The van der Waals surface area contributed by atoms with E-state index in [1.807, 2.05) is 0 Å². The van der Waals surface area contributed by atoms with Crippen LogP contribution < -0.4 is 4.72 Å². The van der Waals surface area contributed by atoms with Crippen molar-refractivity contribution in [3.05, 3.63) is 17.0 Å². The van der Waals surface area contributed by atoms with Gasteiger partial charge in [0, 0.05) is 4.88 Å². The van der Waals surface area contributed by atoms with Gasteiger partial charge in [0.15, 0.2) is 0 Å². The molecule has 0 saturated heterocycles. The molecule has 1 rings (SSSR count). The van der Waals surface area contributed by atoms with Gasteiger partial charge >= 0.3 is 5.97 Å². The van der Waals surface area contributed by atoms with Gasteiger partial charge in [-0.05, 0) is 19.1 Å². The highest BCUT2D eigenvalue weighted by Gasteiger charge is 2.16. The Morgan fingerprint density at radius 1 is 1.53 bits per heavy atom. The van der Waals surface area contributed by atoms with E-state index in [1.165, 1.54) is 12.1 Å². The van der Waals surface area contributed by atoms with E-state index in [4.69, 9.17) is 5.11 Å². The molecule has 5 nitrogen and oxygen atoms in total. The van der Waals surface area contributed by atoms with Crippen LogP contribution in [0.2, 0.25) is 0 Å². The van der Waals surface area contributed by atoms with E-state index >= 15 is 0 Å². The van der Waals surface area contributed by atoms with Crippen LogP contribution in [0, 0.1) is 11.8 Å². The van der Waals surface area contributed by atoms with Crippen molar-refractivity contribution >= 4 is 27.3 Å². The van der Waals surface area contributed by atoms with Crippen molar-refractivity contribution in [2.45, 2.75) is 17.6 Å². The molecular weight excluding hydrogens is 262 g/mol. The van der Waals surface area contributed by atoms with Crippen LogP contribution in [0.1, 0.15) is 11.8 Å². The molecule has 0 atom stereocenters. The molecule has 0 amide bonds. The zero-order chi connectivity index (χ0) is 12.9. The van der Waals surface area contributed by atoms with Crippen molar-refractivity contribution in [1.82, 2.24) is 4.72 Å². The fourth-order valence-corrected chi connectivity index (χ4v) is 3.35. The lowest BCUT2D eigenvalue weighted by atomic mass is 10.3. The maximum atomic E-state index is 11.7. The summed E-state index contributed by atoms with van der Waals surface area (Å²) < 4.78 is 25.8. The second kappa shape index (κ2) is 5.82. The summed E-state index contributed by atoms with van der Waals surface area (Å²) in [6.07, 6.45) is -0.172. The third-order valence-corrected chi connectivity index (χ3v) is 4.73. The Kier molecular flexibility index (Phi) is 4.69. The summed E-state index contributed by atoms with van der Waals surface area (Å²) >= 11 is 0.947.